The van der Waals surface area contributed by atoms with E-state index in [0.717, 1.165) is 32.1 Å². The van der Waals surface area contributed by atoms with Gasteiger partial charge in [0.15, 0.2) is 11.6 Å². The summed E-state index contributed by atoms with van der Waals surface area (Å²) in [5.74, 6) is 8.34. The lowest BCUT2D eigenvalue weighted by Gasteiger charge is -2.27. The normalized spacial score (nSPS) is 14.0. The van der Waals surface area contributed by atoms with Gasteiger partial charge in [0.1, 0.15) is 0 Å². The number of nitrogens with zero attached hydrogens (tertiary/aromatic N) is 4. The van der Waals surface area contributed by atoms with Crippen molar-refractivity contribution in [1.82, 2.24) is 30.2 Å². The van der Waals surface area contributed by atoms with Crippen molar-refractivity contribution in [3.05, 3.63) is 175 Å². The number of benzene rings is 6. The second-order valence-electron chi connectivity index (χ2n) is 17.6. The van der Waals surface area contributed by atoms with Crippen LogP contribution < -0.4 is 22.1 Å². The largest absolute Gasteiger partial charge is 0.416 e. The summed E-state index contributed by atoms with van der Waals surface area (Å²) in [5.41, 5.74) is 14.6. The van der Waals surface area contributed by atoms with Crippen molar-refractivity contribution < 1.29 is 45.4 Å². The molecule has 2 saturated heterocycles. The van der Waals surface area contributed by atoms with E-state index in [2.05, 4.69) is 71.4 Å². The molecule has 2 amide bonds. The lowest BCUT2D eigenvalue weighted by atomic mass is 10.0. The average Bonchev–Trinajstić information content (AvgIpc) is 4.02. The van der Waals surface area contributed by atoms with Crippen LogP contribution >= 0.6 is 22.6 Å². The molecule has 2 aliphatic rings. The maximum Gasteiger partial charge on any atom is 0.416 e. The van der Waals surface area contributed by atoms with Crippen molar-refractivity contribution in [2.75, 3.05) is 74.7 Å². The Bertz CT molecular complexity index is 3510. The monoisotopic (exact) mass is 1170 g/mol. The summed E-state index contributed by atoms with van der Waals surface area (Å²) in [5, 5.41) is 20.4. The number of hydrogen-bond acceptors (Lipinski definition) is 10. The molecule has 0 atom stereocenters. The number of hydrogen-bond donors (Lipinski definition) is 6. The first-order valence-corrected chi connectivity index (χ1v) is 24.9. The van der Waals surface area contributed by atoms with E-state index in [1.165, 1.54) is 30.3 Å². The molecule has 8 N–H and O–H groups in total. The third-order valence-electron chi connectivity index (χ3n) is 12.3. The molecule has 6 aromatic carbocycles. The van der Waals surface area contributed by atoms with E-state index in [1.54, 1.807) is 42.5 Å². The van der Waals surface area contributed by atoms with Gasteiger partial charge in [-0.2, -0.15) is 36.5 Å². The predicted octanol–water partition coefficient (Wildman–Crippen LogP) is 10.2. The number of fused-ring (bicyclic) bond motifs is 2. The summed E-state index contributed by atoms with van der Waals surface area (Å²) >= 11 is 2.24. The van der Waals surface area contributed by atoms with Crippen LogP contribution in [0.25, 0.3) is 21.8 Å². The zero-order valence-corrected chi connectivity index (χ0v) is 43.1. The maximum absolute atomic E-state index is 13.8. The van der Waals surface area contributed by atoms with Gasteiger partial charge in [-0.1, -0.05) is 54.2 Å². The Balaban J connectivity index is 0.000000175. The van der Waals surface area contributed by atoms with Gasteiger partial charge in [-0.05, 0) is 119 Å². The lowest BCUT2D eigenvalue weighted by molar-refractivity contribution is -0.139. The van der Waals surface area contributed by atoms with Gasteiger partial charge in [0.25, 0.3) is 11.8 Å². The zero-order chi connectivity index (χ0) is 54.7. The number of nitrogens with two attached hydrogens (primary N) is 2. The average molecular weight is 1170 g/mol. The molecule has 14 nitrogen and oxygen atoms in total. The molecular formula is C56H49F6IN10O4. The number of morpholine rings is 2. The fourth-order valence-corrected chi connectivity index (χ4v) is 9.18. The number of carbonyl (C=O) groups excluding carboxylic acids is 2. The standard InChI is InChI=1S/C28H24F3N5O2.C21H19F3N2O2.C7H6IN3/c29-28(30,31)23-16-22(10-9-21(23)17-36-11-13-38-14-12-36)33-27(37)20-5-1-3-18(15-20)7-8-19-4-2-6-24-25(19)26(32)35-34-24;1-2-15-4-3-5-16(12-15)20(27)25-18-7-6-17(19(13-18)21(22,23)24)14-26-8-10-28-11-9-26;8-4-2-1-3-5-6(4)7(9)11-10-5/h1-6,9-10,15-16H,11-14,17H2,(H,33,37)(H3,32,34,35);1,3-7,12-13H,8-11,14H2,(H,25,27);1-3H,(H3,9,10,11). The van der Waals surface area contributed by atoms with Crippen LogP contribution in [-0.4, -0.2) is 94.6 Å². The van der Waals surface area contributed by atoms with Crippen LogP contribution in [0, 0.1) is 27.8 Å². The van der Waals surface area contributed by atoms with Crippen molar-refractivity contribution in [3.63, 3.8) is 0 Å². The molecule has 4 heterocycles. The van der Waals surface area contributed by atoms with Gasteiger partial charge in [0.05, 0.1) is 59.4 Å². The van der Waals surface area contributed by atoms with E-state index in [9.17, 15) is 35.9 Å². The van der Waals surface area contributed by atoms with Gasteiger partial charge >= 0.3 is 12.4 Å². The number of rotatable bonds is 8. The Morgan fingerprint density at radius 3 is 1.56 bits per heavy atom. The number of halogens is 7. The van der Waals surface area contributed by atoms with Gasteiger partial charge in [0, 0.05) is 82.0 Å². The number of nitrogens with one attached hydrogen (secondary N) is 4. The highest BCUT2D eigenvalue weighted by atomic mass is 127. The molecule has 0 unspecified atom stereocenters. The minimum absolute atomic E-state index is 0.0617. The van der Waals surface area contributed by atoms with Crippen molar-refractivity contribution in [2.24, 2.45) is 0 Å². The van der Waals surface area contributed by atoms with Crippen LogP contribution in [0.5, 0.6) is 0 Å². The molecule has 2 aromatic heterocycles. The van der Waals surface area contributed by atoms with E-state index >= 15 is 0 Å². The maximum atomic E-state index is 13.8. The molecule has 0 aliphatic carbocycles. The van der Waals surface area contributed by atoms with E-state index in [4.69, 9.17) is 27.4 Å². The summed E-state index contributed by atoms with van der Waals surface area (Å²) in [7, 11) is 0. The number of alkyl halides is 6. The number of amides is 2. The summed E-state index contributed by atoms with van der Waals surface area (Å²) in [6, 6.07) is 32.1. The number of ether oxygens (including phenoxy) is 2. The molecule has 0 saturated carbocycles. The molecule has 8 aromatic rings. The van der Waals surface area contributed by atoms with Gasteiger partial charge in [-0.25, -0.2) is 0 Å². The first-order valence-electron chi connectivity index (χ1n) is 23.9. The molecule has 2 aliphatic heterocycles. The SMILES string of the molecule is C#Cc1cccc(C(=O)Nc2ccc(CN3CCOCC3)c(C(F)(F)F)c2)c1.Nc1n[nH]c2cccc(C#Cc3cccc(C(=O)Nc4ccc(CN5CCOCC5)c(C(F)(F)F)c4)c3)c12.Nc1n[nH]c2cccc(I)c12. The first kappa shape index (κ1) is 55.3. The van der Waals surface area contributed by atoms with E-state index < -0.39 is 35.3 Å². The van der Waals surface area contributed by atoms with Gasteiger partial charge < -0.3 is 31.6 Å². The fourth-order valence-electron chi connectivity index (χ4n) is 8.40. The number of terminal acetylenes is 1. The van der Waals surface area contributed by atoms with E-state index in [0.29, 0.717) is 86.3 Å². The number of aromatic amines is 2. The van der Waals surface area contributed by atoms with Crippen LogP contribution in [0.15, 0.2) is 121 Å². The number of H-pyrrole nitrogens is 2. The Kier molecular flexibility index (Phi) is 17.8. The summed E-state index contributed by atoms with van der Waals surface area (Å²) < 4.78 is 93.8. The van der Waals surface area contributed by atoms with Gasteiger partial charge in [-0.3, -0.25) is 29.6 Å². The zero-order valence-electron chi connectivity index (χ0n) is 40.9. The summed E-state index contributed by atoms with van der Waals surface area (Å²) in [4.78, 5) is 29.1. The number of anilines is 4. The van der Waals surface area contributed by atoms with Gasteiger partial charge in [0.2, 0.25) is 0 Å². The minimum atomic E-state index is -4.56. The van der Waals surface area contributed by atoms with Crippen molar-refractivity contribution in [2.45, 2.75) is 25.4 Å². The Morgan fingerprint density at radius 1 is 0.610 bits per heavy atom. The number of nitrogen functional groups attached to an aromatic ring is 2. The molecule has 21 heteroatoms. The van der Waals surface area contributed by atoms with Crippen molar-refractivity contribution >= 4 is 79.2 Å². The molecular weight excluding hydrogens is 1120 g/mol. The van der Waals surface area contributed by atoms with Crippen molar-refractivity contribution in [1.29, 1.82) is 0 Å². The molecule has 0 radical (unpaired) electrons. The smallest absolute Gasteiger partial charge is 0.382 e. The highest BCUT2D eigenvalue weighted by Gasteiger charge is 2.35. The van der Waals surface area contributed by atoms with Crippen LogP contribution in [-0.2, 0) is 34.9 Å². The molecule has 10 rings (SSSR count). The van der Waals surface area contributed by atoms with Crippen molar-refractivity contribution in [3.8, 4) is 24.2 Å². The molecule has 2 fully saturated rings. The second kappa shape index (κ2) is 24.8. The lowest BCUT2D eigenvalue weighted by Crippen LogP contribution is -2.36. The van der Waals surface area contributed by atoms with E-state index in [-0.39, 0.29) is 46.7 Å². The molecule has 396 valence electrons. The van der Waals surface area contributed by atoms with Gasteiger partial charge in [-0.15, -0.1) is 6.42 Å². The third-order valence-corrected chi connectivity index (χ3v) is 13.2. The molecule has 0 spiro atoms. The minimum Gasteiger partial charge on any atom is -0.382 e. The Morgan fingerprint density at radius 2 is 1.06 bits per heavy atom. The topological polar surface area (TPSA) is 193 Å². The predicted molar refractivity (Wildman–Crippen MR) is 292 cm³/mol. The summed E-state index contributed by atoms with van der Waals surface area (Å²) in [6.07, 6.45) is -3.76. The quantitative estimate of drug-likeness (QED) is 0.0485. The Labute approximate surface area is 452 Å². The second-order valence-corrected chi connectivity index (χ2v) is 18.8. The van der Waals surface area contributed by atoms with Crippen LogP contribution in [0.2, 0.25) is 0 Å². The van der Waals surface area contributed by atoms with Crippen LogP contribution in [0.1, 0.15) is 59.7 Å². The summed E-state index contributed by atoms with van der Waals surface area (Å²) in [6.45, 7) is 4.64. The first-order chi connectivity index (χ1) is 36.9. The van der Waals surface area contributed by atoms with Crippen LogP contribution in [0.3, 0.4) is 0 Å². The molecule has 77 heavy (non-hydrogen) atoms. The van der Waals surface area contributed by atoms with Crippen LogP contribution in [0.4, 0.5) is 49.4 Å². The number of aromatic nitrogens is 4. The Hall–Kier alpha value is -7.93. The highest BCUT2D eigenvalue weighted by molar-refractivity contribution is 14.1. The number of carbonyl (C=O) groups is 2. The molecule has 0 bridgehead atoms. The van der Waals surface area contributed by atoms with E-state index in [1.807, 2.05) is 46.2 Å². The highest BCUT2D eigenvalue weighted by Crippen LogP contribution is 2.36. The fraction of sp³-hybridized carbons (Fsp3) is 0.214. The third kappa shape index (κ3) is 14.5.